The van der Waals surface area contributed by atoms with Crippen LogP contribution in [0.5, 0.6) is 5.75 Å². The fourth-order valence-electron chi connectivity index (χ4n) is 1.37. The number of non-ortho nitro benzene ring substituents is 1. The maximum Gasteiger partial charge on any atom is 0.317 e. The Kier molecular flexibility index (Phi) is 3.94. The summed E-state index contributed by atoms with van der Waals surface area (Å²) in [5.74, 6) is -0.589. The summed E-state index contributed by atoms with van der Waals surface area (Å²) in [6.07, 6.45) is 0.386. The van der Waals surface area contributed by atoms with E-state index in [1.54, 1.807) is 0 Å². The van der Waals surface area contributed by atoms with Gasteiger partial charge in [0.1, 0.15) is 0 Å². The SMILES string of the molecule is O=[N+]([O-])c1cc(CCCO)c(O)c([N+](=O)[O-])c1. The Morgan fingerprint density at radius 3 is 2.29 bits per heavy atom. The average Bonchev–Trinajstić information content (AvgIpc) is 2.26. The van der Waals surface area contributed by atoms with E-state index in [9.17, 15) is 25.3 Å². The van der Waals surface area contributed by atoms with E-state index in [0.717, 1.165) is 6.07 Å². The van der Waals surface area contributed by atoms with Gasteiger partial charge in [-0.05, 0) is 12.8 Å². The summed E-state index contributed by atoms with van der Waals surface area (Å²) in [7, 11) is 0. The van der Waals surface area contributed by atoms with E-state index in [2.05, 4.69) is 0 Å². The molecule has 0 aliphatic heterocycles. The molecule has 0 radical (unpaired) electrons. The fraction of sp³-hybridized carbons (Fsp3) is 0.333. The van der Waals surface area contributed by atoms with E-state index in [1.165, 1.54) is 0 Å². The largest absolute Gasteiger partial charge is 0.502 e. The Morgan fingerprint density at radius 2 is 1.82 bits per heavy atom. The molecule has 0 aliphatic carbocycles. The highest BCUT2D eigenvalue weighted by atomic mass is 16.6. The third-order valence-corrected chi connectivity index (χ3v) is 2.17. The molecule has 0 atom stereocenters. The molecule has 0 aliphatic rings. The van der Waals surface area contributed by atoms with Gasteiger partial charge in [0, 0.05) is 18.2 Å². The first-order chi connectivity index (χ1) is 7.97. The van der Waals surface area contributed by atoms with Gasteiger partial charge in [-0.1, -0.05) is 0 Å². The normalized spacial score (nSPS) is 10.2. The van der Waals surface area contributed by atoms with Gasteiger partial charge in [0.05, 0.1) is 15.9 Å². The van der Waals surface area contributed by atoms with Crippen LogP contribution in [0.15, 0.2) is 12.1 Å². The molecule has 1 aromatic carbocycles. The molecule has 0 saturated heterocycles. The minimum atomic E-state index is -0.884. The van der Waals surface area contributed by atoms with Crippen molar-refractivity contribution >= 4 is 11.4 Å². The second-order valence-electron chi connectivity index (χ2n) is 3.31. The summed E-state index contributed by atoms with van der Waals surface area (Å²) >= 11 is 0. The number of phenolic OH excluding ortho intramolecular Hbond substituents is 1. The van der Waals surface area contributed by atoms with E-state index in [0.29, 0.717) is 6.07 Å². The first-order valence-corrected chi connectivity index (χ1v) is 4.73. The fourth-order valence-corrected chi connectivity index (χ4v) is 1.37. The predicted molar refractivity (Wildman–Crippen MR) is 56.8 cm³/mol. The third-order valence-electron chi connectivity index (χ3n) is 2.17. The lowest BCUT2D eigenvalue weighted by Crippen LogP contribution is -1.98. The van der Waals surface area contributed by atoms with Gasteiger partial charge in [-0.3, -0.25) is 20.2 Å². The molecule has 0 bridgehead atoms. The summed E-state index contributed by atoms with van der Waals surface area (Å²) in [4.78, 5) is 19.5. The second kappa shape index (κ2) is 5.21. The lowest BCUT2D eigenvalue weighted by molar-refractivity contribution is -0.394. The number of rotatable bonds is 5. The molecule has 0 saturated carbocycles. The number of nitrogens with zero attached hydrogens (tertiary/aromatic N) is 2. The van der Waals surface area contributed by atoms with E-state index in [-0.39, 0.29) is 25.0 Å². The molecule has 0 amide bonds. The Morgan fingerprint density at radius 1 is 1.18 bits per heavy atom. The monoisotopic (exact) mass is 242 g/mol. The molecular formula is C9H10N2O6. The number of hydrogen-bond acceptors (Lipinski definition) is 6. The lowest BCUT2D eigenvalue weighted by atomic mass is 10.1. The molecule has 0 heterocycles. The predicted octanol–water partition coefficient (Wildman–Crippen LogP) is 1.13. The van der Waals surface area contributed by atoms with Crippen LogP contribution in [0, 0.1) is 20.2 Å². The Balaban J connectivity index is 3.27. The van der Waals surface area contributed by atoms with Gasteiger partial charge < -0.3 is 10.2 Å². The number of aliphatic hydroxyl groups excluding tert-OH is 1. The molecule has 1 aromatic rings. The topological polar surface area (TPSA) is 127 Å². The van der Waals surface area contributed by atoms with Crippen LogP contribution in [0.3, 0.4) is 0 Å². The van der Waals surface area contributed by atoms with Crippen molar-refractivity contribution in [2.45, 2.75) is 12.8 Å². The van der Waals surface area contributed by atoms with E-state index in [1.807, 2.05) is 0 Å². The van der Waals surface area contributed by atoms with E-state index < -0.39 is 27.0 Å². The third kappa shape index (κ3) is 2.88. The first kappa shape index (κ1) is 12.8. The van der Waals surface area contributed by atoms with Crippen LogP contribution in [-0.4, -0.2) is 26.7 Å². The van der Waals surface area contributed by atoms with Crippen LogP contribution in [-0.2, 0) is 6.42 Å². The summed E-state index contributed by atoms with van der Waals surface area (Å²) in [5, 5.41) is 39.3. The van der Waals surface area contributed by atoms with Gasteiger partial charge in [0.2, 0.25) is 0 Å². The van der Waals surface area contributed by atoms with Crippen molar-refractivity contribution in [3.05, 3.63) is 37.9 Å². The maximum atomic E-state index is 10.6. The van der Waals surface area contributed by atoms with Crippen molar-refractivity contribution in [3.8, 4) is 5.75 Å². The van der Waals surface area contributed by atoms with Crippen LogP contribution in [0.2, 0.25) is 0 Å². The van der Waals surface area contributed by atoms with Gasteiger partial charge in [-0.15, -0.1) is 0 Å². The minimum Gasteiger partial charge on any atom is -0.502 e. The summed E-state index contributed by atoms with van der Waals surface area (Å²) < 4.78 is 0. The molecule has 8 heteroatoms. The Bertz CT molecular complexity index is 459. The molecule has 1 rings (SSSR count). The first-order valence-electron chi connectivity index (χ1n) is 4.73. The molecule has 17 heavy (non-hydrogen) atoms. The molecule has 8 nitrogen and oxygen atoms in total. The van der Waals surface area contributed by atoms with Crippen LogP contribution >= 0.6 is 0 Å². The second-order valence-corrected chi connectivity index (χ2v) is 3.31. The highest BCUT2D eigenvalue weighted by molar-refractivity contribution is 5.57. The summed E-state index contributed by atoms with van der Waals surface area (Å²) in [6, 6.07) is 1.77. The van der Waals surface area contributed by atoms with Crippen LogP contribution < -0.4 is 0 Å². The highest BCUT2D eigenvalue weighted by Gasteiger charge is 2.23. The Hall–Kier alpha value is -2.22. The number of hydrogen-bond donors (Lipinski definition) is 2. The van der Waals surface area contributed by atoms with Crippen molar-refractivity contribution in [1.29, 1.82) is 0 Å². The van der Waals surface area contributed by atoms with Gasteiger partial charge in [-0.2, -0.15) is 0 Å². The number of nitro benzene ring substituents is 2. The van der Waals surface area contributed by atoms with Crippen molar-refractivity contribution in [3.63, 3.8) is 0 Å². The van der Waals surface area contributed by atoms with Crippen molar-refractivity contribution in [2.75, 3.05) is 6.61 Å². The number of aliphatic hydroxyl groups is 1. The van der Waals surface area contributed by atoms with Crippen LogP contribution in [0.1, 0.15) is 12.0 Å². The summed E-state index contributed by atoms with van der Waals surface area (Å²) in [5.41, 5.74) is -1.07. The quantitative estimate of drug-likeness (QED) is 0.588. The minimum absolute atomic E-state index is 0.0833. The van der Waals surface area contributed by atoms with E-state index >= 15 is 0 Å². The maximum absolute atomic E-state index is 10.6. The Labute approximate surface area is 95.4 Å². The molecule has 92 valence electrons. The number of benzene rings is 1. The van der Waals surface area contributed by atoms with Crippen molar-refractivity contribution < 1.29 is 20.1 Å². The molecule has 0 unspecified atom stereocenters. The smallest absolute Gasteiger partial charge is 0.317 e. The number of nitro groups is 2. The molecular weight excluding hydrogens is 232 g/mol. The summed E-state index contributed by atoms with van der Waals surface area (Å²) in [6.45, 7) is -0.171. The zero-order chi connectivity index (χ0) is 13.0. The van der Waals surface area contributed by atoms with Gasteiger partial charge >= 0.3 is 5.69 Å². The molecule has 2 N–H and O–H groups in total. The van der Waals surface area contributed by atoms with Crippen LogP contribution in [0.4, 0.5) is 11.4 Å². The van der Waals surface area contributed by atoms with Gasteiger partial charge in [0.25, 0.3) is 5.69 Å². The molecule has 0 aromatic heterocycles. The number of aryl methyl sites for hydroxylation is 1. The van der Waals surface area contributed by atoms with E-state index in [4.69, 9.17) is 5.11 Å². The van der Waals surface area contributed by atoms with Crippen molar-refractivity contribution in [2.24, 2.45) is 0 Å². The van der Waals surface area contributed by atoms with Gasteiger partial charge in [0.15, 0.2) is 5.75 Å². The van der Waals surface area contributed by atoms with Gasteiger partial charge in [-0.25, -0.2) is 0 Å². The average molecular weight is 242 g/mol. The number of aromatic hydroxyl groups is 1. The lowest BCUT2D eigenvalue weighted by Gasteiger charge is -2.04. The van der Waals surface area contributed by atoms with Crippen molar-refractivity contribution in [1.82, 2.24) is 0 Å². The zero-order valence-corrected chi connectivity index (χ0v) is 8.70. The molecule has 0 spiro atoms. The highest BCUT2D eigenvalue weighted by Crippen LogP contribution is 2.34. The zero-order valence-electron chi connectivity index (χ0n) is 8.70. The molecule has 0 fully saturated rings. The number of phenols is 1. The van der Waals surface area contributed by atoms with Crippen LogP contribution in [0.25, 0.3) is 0 Å². The standard InChI is InChI=1S/C9H10N2O6/c12-3-1-2-6-4-7(10(14)15)5-8(9(6)13)11(16)17/h4-5,12-13H,1-3H2.